The Labute approximate surface area is 165 Å². The van der Waals surface area contributed by atoms with E-state index in [1.54, 1.807) is 31.5 Å². The fraction of sp³-hybridized carbons (Fsp3) is 0.238. The number of pyridine rings is 1. The maximum Gasteiger partial charge on any atom is 0.242 e. The second kappa shape index (κ2) is 8.93. The van der Waals surface area contributed by atoms with Crippen LogP contribution in [0.5, 0.6) is 0 Å². The van der Waals surface area contributed by atoms with E-state index >= 15 is 0 Å². The van der Waals surface area contributed by atoms with Crippen molar-refractivity contribution in [2.75, 3.05) is 13.1 Å². The molecule has 1 atom stereocenters. The summed E-state index contributed by atoms with van der Waals surface area (Å²) in [6.07, 6.45) is 4.03. The predicted molar refractivity (Wildman–Crippen MR) is 109 cm³/mol. The summed E-state index contributed by atoms with van der Waals surface area (Å²) in [5.41, 5.74) is 1.36. The number of aromatic nitrogens is 1. The van der Waals surface area contributed by atoms with Crippen molar-refractivity contribution in [2.45, 2.75) is 24.3 Å². The molecule has 0 bridgehead atoms. The van der Waals surface area contributed by atoms with E-state index in [9.17, 15) is 13.7 Å². The molecule has 144 valence electrons. The van der Waals surface area contributed by atoms with Gasteiger partial charge in [-0.2, -0.15) is 5.26 Å². The molecule has 1 aromatic heterocycles. The molecule has 0 aliphatic carbocycles. The molecule has 2 aromatic carbocycles. The molecule has 0 radical (unpaired) electrons. The lowest BCUT2D eigenvalue weighted by atomic mass is 10.1. The van der Waals surface area contributed by atoms with E-state index in [4.69, 9.17) is 0 Å². The highest BCUT2D eigenvalue weighted by molar-refractivity contribution is 7.89. The Morgan fingerprint density at radius 2 is 1.93 bits per heavy atom. The normalized spacial score (nSPS) is 12.6. The first-order chi connectivity index (χ1) is 13.5. The first kappa shape index (κ1) is 20.0. The van der Waals surface area contributed by atoms with Crippen molar-refractivity contribution in [3.8, 4) is 6.07 Å². The summed E-state index contributed by atoms with van der Waals surface area (Å²) in [5, 5.41) is 14.1. The Bertz CT molecular complexity index is 1090. The minimum Gasteiger partial charge on any atom is -0.315 e. The summed E-state index contributed by atoms with van der Waals surface area (Å²) in [6.45, 7) is 3.04. The summed E-state index contributed by atoms with van der Waals surface area (Å²) in [5.74, 6) is 0. The minimum absolute atomic E-state index is 0.00941. The number of nitrogens with zero attached hydrogens (tertiary/aromatic N) is 2. The average molecular weight is 395 g/mol. The van der Waals surface area contributed by atoms with Crippen LogP contribution in [-0.4, -0.2) is 32.5 Å². The largest absolute Gasteiger partial charge is 0.315 e. The van der Waals surface area contributed by atoms with Crippen molar-refractivity contribution in [1.82, 2.24) is 15.0 Å². The molecule has 0 unspecified atom stereocenters. The third-order valence-corrected chi connectivity index (χ3v) is 6.06. The average Bonchev–Trinajstić information content (AvgIpc) is 2.70. The molecule has 3 rings (SSSR count). The number of fused-ring (bicyclic) bond motifs is 1. The van der Waals surface area contributed by atoms with Gasteiger partial charge in [0.05, 0.1) is 5.56 Å². The molecule has 1 heterocycles. The number of rotatable bonds is 8. The van der Waals surface area contributed by atoms with Gasteiger partial charge in [0.15, 0.2) is 0 Å². The molecular formula is C21H22N4O2S. The smallest absolute Gasteiger partial charge is 0.242 e. The summed E-state index contributed by atoms with van der Waals surface area (Å²) in [4.78, 5) is 4.00. The van der Waals surface area contributed by atoms with Gasteiger partial charge in [-0.15, -0.1) is 0 Å². The SMILES string of the molecule is C[C@H](CNCCc1ccccc1)NS(=O)(=O)c1ccc2cnccc2c1C#N. The highest BCUT2D eigenvalue weighted by Crippen LogP contribution is 2.24. The van der Waals surface area contributed by atoms with Crippen LogP contribution in [0.2, 0.25) is 0 Å². The molecule has 2 N–H and O–H groups in total. The summed E-state index contributed by atoms with van der Waals surface area (Å²) < 4.78 is 28.3. The zero-order chi connectivity index (χ0) is 20.0. The maximum absolute atomic E-state index is 12.8. The van der Waals surface area contributed by atoms with Gasteiger partial charge in [0.2, 0.25) is 10.0 Å². The Morgan fingerprint density at radius 3 is 2.68 bits per heavy atom. The first-order valence-corrected chi connectivity index (χ1v) is 10.5. The molecule has 3 aromatic rings. The number of benzene rings is 2. The van der Waals surface area contributed by atoms with Crippen LogP contribution in [0, 0.1) is 11.3 Å². The lowest BCUT2D eigenvalue weighted by molar-refractivity contribution is 0.537. The number of nitriles is 1. The zero-order valence-corrected chi connectivity index (χ0v) is 16.4. The van der Waals surface area contributed by atoms with Gasteiger partial charge in [-0.25, -0.2) is 13.1 Å². The molecule has 0 fully saturated rings. The highest BCUT2D eigenvalue weighted by atomic mass is 32.2. The molecule has 0 saturated carbocycles. The van der Waals surface area contributed by atoms with Crippen molar-refractivity contribution in [3.63, 3.8) is 0 Å². The summed E-state index contributed by atoms with van der Waals surface area (Å²) >= 11 is 0. The van der Waals surface area contributed by atoms with Gasteiger partial charge < -0.3 is 5.32 Å². The van der Waals surface area contributed by atoms with E-state index in [2.05, 4.69) is 27.2 Å². The van der Waals surface area contributed by atoms with Crippen LogP contribution in [0.4, 0.5) is 0 Å². The van der Waals surface area contributed by atoms with E-state index in [1.807, 2.05) is 24.3 Å². The van der Waals surface area contributed by atoms with Crippen molar-refractivity contribution in [1.29, 1.82) is 5.26 Å². The van der Waals surface area contributed by atoms with Gasteiger partial charge in [-0.05, 0) is 37.6 Å². The van der Waals surface area contributed by atoms with Crippen LogP contribution in [0.3, 0.4) is 0 Å². The summed E-state index contributed by atoms with van der Waals surface area (Å²) in [7, 11) is -3.82. The fourth-order valence-electron chi connectivity index (χ4n) is 3.05. The maximum atomic E-state index is 12.8. The zero-order valence-electron chi connectivity index (χ0n) is 15.6. The van der Waals surface area contributed by atoms with Crippen LogP contribution >= 0.6 is 0 Å². The van der Waals surface area contributed by atoms with E-state index in [0.717, 1.165) is 18.4 Å². The van der Waals surface area contributed by atoms with Crippen LogP contribution in [-0.2, 0) is 16.4 Å². The third kappa shape index (κ3) is 4.73. The van der Waals surface area contributed by atoms with Gasteiger partial charge in [0.25, 0.3) is 0 Å². The Balaban J connectivity index is 1.65. The molecule has 7 heteroatoms. The summed E-state index contributed by atoms with van der Waals surface area (Å²) in [6, 6.07) is 16.6. The van der Waals surface area contributed by atoms with Crippen LogP contribution in [0.15, 0.2) is 65.8 Å². The van der Waals surface area contributed by atoms with Gasteiger partial charge in [0, 0.05) is 35.8 Å². The van der Waals surface area contributed by atoms with E-state index in [-0.39, 0.29) is 16.5 Å². The van der Waals surface area contributed by atoms with Gasteiger partial charge >= 0.3 is 0 Å². The highest BCUT2D eigenvalue weighted by Gasteiger charge is 2.22. The van der Waals surface area contributed by atoms with E-state index in [0.29, 0.717) is 11.9 Å². The standard InChI is InChI=1S/C21H22N4O2S/c1-16(14-23-11-9-17-5-3-2-4-6-17)25-28(26,27)21-8-7-18-15-24-12-10-19(18)20(21)13-22/h2-8,10,12,15-16,23,25H,9,11,14H2,1H3/t16-/m1/s1. The van der Waals surface area contributed by atoms with Crippen molar-refractivity contribution < 1.29 is 8.42 Å². The van der Waals surface area contributed by atoms with Crippen LogP contribution in [0.25, 0.3) is 10.8 Å². The van der Waals surface area contributed by atoms with Crippen LogP contribution < -0.4 is 10.0 Å². The molecule has 0 amide bonds. The number of hydrogen-bond donors (Lipinski definition) is 2. The molecule has 6 nitrogen and oxygen atoms in total. The number of sulfonamides is 1. The molecular weight excluding hydrogens is 372 g/mol. The van der Waals surface area contributed by atoms with Crippen LogP contribution in [0.1, 0.15) is 18.1 Å². The fourth-order valence-corrected chi connectivity index (χ4v) is 4.47. The second-order valence-electron chi connectivity index (χ2n) is 6.61. The second-order valence-corrected chi connectivity index (χ2v) is 8.29. The number of hydrogen-bond acceptors (Lipinski definition) is 5. The molecule has 0 spiro atoms. The minimum atomic E-state index is -3.82. The van der Waals surface area contributed by atoms with Crippen molar-refractivity contribution in [2.24, 2.45) is 0 Å². The molecule has 0 aliphatic rings. The lowest BCUT2D eigenvalue weighted by Gasteiger charge is -2.16. The molecule has 0 aliphatic heterocycles. The predicted octanol–water partition coefficient (Wildman–Crippen LogP) is 2.61. The van der Waals surface area contributed by atoms with Crippen molar-refractivity contribution in [3.05, 3.63) is 72.1 Å². The van der Waals surface area contributed by atoms with Gasteiger partial charge in [-0.1, -0.05) is 36.4 Å². The Morgan fingerprint density at radius 1 is 1.14 bits per heavy atom. The van der Waals surface area contributed by atoms with Gasteiger partial charge in [0.1, 0.15) is 11.0 Å². The van der Waals surface area contributed by atoms with E-state index in [1.165, 1.54) is 11.6 Å². The quantitative estimate of drug-likeness (QED) is 0.573. The van der Waals surface area contributed by atoms with E-state index < -0.39 is 10.0 Å². The molecule has 0 saturated heterocycles. The monoisotopic (exact) mass is 394 g/mol. The third-order valence-electron chi connectivity index (χ3n) is 4.42. The lowest BCUT2D eigenvalue weighted by Crippen LogP contribution is -2.40. The van der Waals surface area contributed by atoms with Crippen molar-refractivity contribution >= 4 is 20.8 Å². The topological polar surface area (TPSA) is 94.9 Å². The Kier molecular flexibility index (Phi) is 6.37. The van der Waals surface area contributed by atoms with Gasteiger partial charge in [-0.3, -0.25) is 4.98 Å². The Hall–Kier alpha value is -2.79. The first-order valence-electron chi connectivity index (χ1n) is 9.05. The molecule has 28 heavy (non-hydrogen) atoms. The number of nitrogens with one attached hydrogen (secondary N) is 2.